The maximum Gasteiger partial charge on any atom is 0.328 e. The van der Waals surface area contributed by atoms with Gasteiger partial charge in [-0.25, -0.2) is 0 Å². The van der Waals surface area contributed by atoms with Gasteiger partial charge in [0, 0.05) is 26.5 Å². The number of hydrogen-bond donors (Lipinski definition) is 0. The molecule has 0 N–H and O–H groups in total. The Hall–Kier alpha value is -0.0500. The highest BCUT2D eigenvalue weighted by Gasteiger charge is 2.29. The molecule has 8 nitrogen and oxygen atoms in total. The fourth-order valence-electron chi connectivity index (χ4n) is 3.86. The monoisotopic (exact) mass is 484 g/mol. The molecule has 0 saturated carbocycles. The van der Waals surface area contributed by atoms with Crippen molar-refractivity contribution in [1.29, 1.82) is 0 Å². The van der Waals surface area contributed by atoms with Crippen molar-refractivity contribution in [2.75, 3.05) is 112 Å². The lowest BCUT2D eigenvalue weighted by Crippen LogP contribution is -2.55. The van der Waals surface area contributed by atoms with Crippen molar-refractivity contribution in [3.8, 4) is 0 Å². The van der Waals surface area contributed by atoms with Crippen LogP contribution >= 0.6 is 7.60 Å². The number of nitrogens with zero attached hydrogens (tertiary/aromatic N) is 2. The molecule has 0 heterocycles. The van der Waals surface area contributed by atoms with Gasteiger partial charge in [-0.3, -0.25) is 4.57 Å². The summed E-state index contributed by atoms with van der Waals surface area (Å²) in [6.45, 7) is 26.3. The van der Waals surface area contributed by atoms with Crippen molar-refractivity contribution in [2.24, 2.45) is 0 Å². The molecule has 1 unspecified atom stereocenters. The van der Waals surface area contributed by atoms with E-state index in [0.29, 0.717) is 59.4 Å². The second-order valence-electron chi connectivity index (χ2n) is 8.28. The van der Waals surface area contributed by atoms with E-state index >= 15 is 0 Å². The quantitative estimate of drug-likeness (QED) is 0.125. The SMILES string of the molecule is CCOCC[N+](CCOCC)(CCOCC)CCOP(C)(=O)OCC[N+](CC)(CC)CC. The first-order valence-electron chi connectivity index (χ1n) is 12.6. The summed E-state index contributed by atoms with van der Waals surface area (Å²) >= 11 is 0. The second-order valence-corrected chi connectivity index (χ2v) is 10.3. The van der Waals surface area contributed by atoms with Gasteiger partial charge in [-0.2, -0.15) is 0 Å². The zero-order chi connectivity index (χ0) is 24.3. The van der Waals surface area contributed by atoms with Crippen LogP contribution in [0, 0.1) is 0 Å². The van der Waals surface area contributed by atoms with E-state index in [1.807, 2.05) is 20.8 Å². The minimum atomic E-state index is -3.10. The average molecular weight is 485 g/mol. The normalized spacial score (nSPS) is 14.6. The van der Waals surface area contributed by atoms with Crippen molar-refractivity contribution in [2.45, 2.75) is 41.5 Å². The zero-order valence-corrected chi connectivity index (χ0v) is 23.0. The first kappa shape index (κ1) is 31.9. The van der Waals surface area contributed by atoms with Gasteiger partial charge in [-0.15, -0.1) is 0 Å². The summed E-state index contributed by atoms with van der Waals surface area (Å²) < 4.78 is 43.1. The van der Waals surface area contributed by atoms with Crippen LogP contribution in [0.15, 0.2) is 0 Å². The fourth-order valence-corrected chi connectivity index (χ4v) is 4.76. The molecule has 0 saturated heterocycles. The lowest BCUT2D eigenvalue weighted by molar-refractivity contribution is -0.929. The lowest BCUT2D eigenvalue weighted by atomic mass is 10.3. The van der Waals surface area contributed by atoms with E-state index in [2.05, 4.69) is 20.8 Å². The Morgan fingerprint density at radius 3 is 1.16 bits per heavy atom. The van der Waals surface area contributed by atoms with Gasteiger partial charge in [0.15, 0.2) is 0 Å². The van der Waals surface area contributed by atoms with Crippen molar-refractivity contribution in [1.82, 2.24) is 0 Å². The summed E-state index contributed by atoms with van der Waals surface area (Å²) in [6, 6.07) is 0. The van der Waals surface area contributed by atoms with Crippen LogP contribution in [0.25, 0.3) is 0 Å². The Balaban J connectivity index is 4.92. The van der Waals surface area contributed by atoms with Crippen LogP contribution in [0.3, 0.4) is 0 Å². The summed E-state index contributed by atoms with van der Waals surface area (Å²) in [7, 11) is -3.10. The van der Waals surface area contributed by atoms with Gasteiger partial charge in [0.05, 0.1) is 39.5 Å². The van der Waals surface area contributed by atoms with Crippen LogP contribution in [0.1, 0.15) is 41.5 Å². The highest BCUT2D eigenvalue weighted by molar-refractivity contribution is 7.52. The Labute approximate surface area is 198 Å². The minimum absolute atomic E-state index is 0.369. The lowest BCUT2D eigenvalue weighted by Gasteiger charge is -2.38. The third kappa shape index (κ3) is 13.6. The predicted octanol–water partition coefficient (Wildman–Crippen LogP) is 3.65. The fraction of sp³-hybridized carbons (Fsp3) is 1.00. The molecule has 0 bridgehead atoms. The number of rotatable bonds is 23. The molecule has 32 heavy (non-hydrogen) atoms. The van der Waals surface area contributed by atoms with E-state index in [-0.39, 0.29) is 0 Å². The second kappa shape index (κ2) is 18.3. The first-order valence-corrected chi connectivity index (χ1v) is 14.6. The van der Waals surface area contributed by atoms with E-state index in [4.69, 9.17) is 23.3 Å². The summed E-state index contributed by atoms with van der Waals surface area (Å²) in [5.41, 5.74) is 0. The zero-order valence-electron chi connectivity index (χ0n) is 22.1. The van der Waals surface area contributed by atoms with Gasteiger partial charge in [-0.05, 0) is 41.5 Å². The Morgan fingerprint density at radius 2 is 0.844 bits per heavy atom. The average Bonchev–Trinajstić information content (AvgIpc) is 2.77. The largest absolute Gasteiger partial charge is 0.376 e. The summed E-state index contributed by atoms with van der Waals surface area (Å²) in [4.78, 5) is 0. The van der Waals surface area contributed by atoms with Gasteiger partial charge >= 0.3 is 7.60 Å². The van der Waals surface area contributed by atoms with Crippen LogP contribution in [0.2, 0.25) is 0 Å². The summed E-state index contributed by atoms with van der Waals surface area (Å²) in [6.07, 6.45) is 0. The van der Waals surface area contributed by atoms with Crippen LogP contribution < -0.4 is 0 Å². The maximum absolute atomic E-state index is 12.9. The van der Waals surface area contributed by atoms with E-state index in [9.17, 15) is 4.57 Å². The first-order chi connectivity index (χ1) is 15.3. The molecule has 0 aliphatic heterocycles. The number of ether oxygens (including phenoxy) is 3. The summed E-state index contributed by atoms with van der Waals surface area (Å²) in [5, 5.41) is 0. The van der Waals surface area contributed by atoms with Crippen LogP contribution in [0.4, 0.5) is 0 Å². The third-order valence-corrected chi connectivity index (χ3v) is 7.84. The Morgan fingerprint density at radius 1 is 0.531 bits per heavy atom. The number of hydrogen-bond acceptors (Lipinski definition) is 6. The van der Waals surface area contributed by atoms with Crippen LogP contribution in [-0.4, -0.2) is 121 Å². The van der Waals surface area contributed by atoms with Gasteiger partial charge in [0.1, 0.15) is 45.9 Å². The smallest absolute Gasteiger partial charge is 0.328 e. The molecule has 0 spiro atoms. The molecular formula is C23H53N2O6P+2. The number of likely N-dealkylation sites (N-methyl/N-ethyl adjacent to an activating group) is 1. The number of quaternary nitrogens is 2. The molecule has 9 heteroatoms. The molecule has 0 aromatic carbocycles. The highest BCUT2D eigenvalue weighted by Crippen LogP contribution is 2.43. The Bertz CT molecular complexity index is 456. The van der Waals surface area contributed by atoms with E-state index in [1.165, 1.54) is 0 Å². The molecular weight excluding hydrogens is 431 g/mol. The maximum atomic E-state index is 12.9. The Kier molecular flexibility index (Phi) is 18.3. The van der Waals surface area contributed by atoms with E-state index < -0.39 is 7.60 Å². The highest BCUT2D eigenvalue weighted by atomic mass is 31.2. The molecule has 0 aromatic rings. The molecule has 0 amide bonds. The standard InChI is InChI=1S/C23H53N2O6P/c1-8-24(9-2,10-3)17-22-30-32(7,26)31-23-18-25(14-19-27-11-4,15-20-28-12-5)16-21-29-13-6/h8-23H2,1-7H3/q+2. The third-order valence-electron chi connectivity index (χ3n) is 6.54. The van der Waals surface area contributed by atoms with Gasteiger partial charge in [0.2, 0.25) is 0 Å². The molecule has 194 valence electrons. The predicted molar refractivity (Wildman–Crippen MR) is 131 cm³/mol. The molecule has 1 atom stereocenters. The van der Waals surface area contributed by atoms with E-state index in [0.717, 1.165) is 54.8 Å². The van der Waals surface area contributed by atoms with Crippen molar-refractivity contribution >= 4 is 7.60 Å². The van der Waals surface area contributed by atoms with Gasteiger partial charge in [-0.1, -0.05) is 0 Å². The molecule has 0 aliphatic rings. The van der Waals surface area contributed by atoms with Gasteiger partial charge < -0.3 is 32.2 Å². The molecule has 0 aromatic heterocycles. The molecule has 0 fully saturated rings. The van der Waals surface area contributed by atoms with E-state index in [1.54, 1.807) is 6.66 Å². The van der Waals surface area contributed by atoms with Gasteiger partial charge in [0.25, 0.3) is 0 Å². The molecule has 0 radical (unpaired) electrons. The van der Waals surface area contributed by atoms with Crippen LogP contribution in [-0.2, 0) is 27.8 Å². The minimum Gasteiger partial charge on any atom is -0.376 e. The topological polar surface area (TPSA) is 63.2 Å². The van der Waals surface area contributed by atoms with Crippen LogP contribution in [0.5, 0.6) is 0 Å². The molecule has 0 aliphatic carbocycles. The van der Waals surface area contributed by atoms with Crippen molar-refractivity contribution < 1.29 is 36.8 Å². The van der Waals surface area contributed by atoms with Crippen molar-refractivity contribution in [3.05, 3.63) is 0 Å². The molecule has 0 rings (SSSR count). The summed E-state index contributed by atoms with van der Waals surface area (Å²) in [5.74, 6) is 0. The van der Waals surface area contributed by atoms with Crippen molar-refractivity contribution in [3.63, 3.8) is 0 Å².